The van der Waals surface area contributed by atoms with Crippen LogP contribution >= 0.6 is 0 Å². The van der Waals surface area contributed by atoms with Crippen LogP contribution in [0.4, 0.5) is 8.78 Å². The maximum Gasteiger partial charge on any atom is 0.329 e. The number of hydrogen-bond donors (Lipinski definition) is 2. The van der Waals surface area contributed by atoms with Gasteiger partial charge in [0.2, 0.25) is 0 Å². The molecule has 1 amide bonds. The number of ether oxygens (including phenoxy) is 2. The van der Waals surface area contributed by atoms with Crippen molar-refractivity contribution in [3.05, 3.63) is 59.3 Å². The highest BCUT2D eigenvalue weighted by Gasteiger charge is 2.21. The van der Waals surface area contributed by atoms with Crippen molar-refractivity contribution in [2.75, 3.05) is 6.61 Å². The van der Waals surface area contributed by atoms with Crippen LogP contribution in [0.25, 0.3) is 10.9 Å². The molecule has 0 bridgehead atoms. The molecule has 2 N–H and O–H groups in total. The molecule has 0 saturated heterocycles. The Morgan fingerprint density at radius 1 is 1.10 bits per heavy atom. The van der Waals surface area contributed by atoms with Gasteiger partial charge in [0.15, 0.2) is 11.6 Å². The van der Waals surface area contributed by atoms with Crippen LogP contribution in [0.1, 0.15) is 29.8 Å². The number of nitrogens with one attached hydrogen (secondary N) is 2. The van der Waals surface area contributed by atoms with E-state index in [-0.39, 0.29) is 30.1 Å². The Morgan fingerprint density at radius 3 is 2.58 bits per heavy atom. The lowest BCUT2D eigenvalue weighted by Crippen LogP contribution is -2.26. The molecule has 0 unspecified atom stereocenters. The van der Waals surface area contributed by atoms with Crippen LogP contribution in [-0.2, 0) is 25.6 Å². The number of rotatable bonds is 6. The second-order valence-corrected chi connectivity index (χ2v) is 6.36. The Kier molecular flexibility index (Phi) is 6.49. The van der Waals surface area contributed by atoms with E-state index in [2.05, 4.69) is 9.82 Å². The summed E-state index contributed by atoms with van der Waals surface area (Å²) in [5, 5.41) is 0.541. The molecule has 1 heterocycles. The van der Waals surface area contributed by atoms with Gasteiger partial charge in [0, 0.05) is 35.7 Å². The van der Waals surface area contributed by atoms with Crippen LogP contribution in [0.15, 0.2) is 36.5 Å². The molecule has 0 radical (unpaired) electrons. The molecule has 0 atom stereocenters. The van der Waals surface area contributed by atoms with Gasteiger partial charge in [-0.25, -0.2) is 8.78 Å². The Labute approximate surface area is 175 Å². The Morgan fingerprint density at radius 2 is 1.87 bits per heavy atom. The van der Waals surface area contributed by atoms with E-state index in [1.54, 1.807) is 24.7 Å². The maximum absolute atomic E-state index is 14.8. The average Bonchev–Trinajstić information content (AvgIpc) is 3.18. The minimum atomic E-state index is -1.04. The molecule has 0 spiro atoms. The van der Waals surface area contributed by atoms with Crippen molar-refractivity contribution >= 4 is 28.7 Å². The molecule has 1 aromatic heterocycles. The highest BCUT2D eigenvalue weighted by Crippen LogP contribution is 2.35. The first kappa shape index (κ1) is 21.8. The van der Waals surface area contributed by atoms with Gasteiger partial charge < -0.3 is 19.3 Å². The normalized spacial score (nSPS) is 10.6. The van der Waals surface area contributed by atoms with Gasteiger partial charge in [0.1, 0.15) is 11.6 Å². The molecule has 0 aliphatic carbocycles. The Hall–Kier alpha value is -3.95. The number of amides is 1. The van der Waals surface area contributed by atoms with E-state index >= 15 is 0 Å². The summed E-state index contributed by atoms with van der Waals surface area (Å²) >= 11 is 0. The van der Waals surface area contributed by atoms with Gasteiger partial charge in [-0.2, -0.15) is 5.48 Å². The van der Waals surface area contributed by atoms with Crippen molar-refractivity contribution in [1.82, 2.24) is 10.5 Å². The van der Waals surface area contributed by atoms with Crippen molar-refractivity contribution in [3.8, 4) is 11.5 Å². The predicted molar refractivity (Wildman–Crippen MR) is 104 cm³/mol. The Bertz CT molecular complexity index is 1160. The number of benzene rings is 2. The third-order valence-corrected chi connectivity index (χ3v) is 4.18. The van der Waals surface area contributed by atoms with Gasteiger partial charge in [0.05, 0.1) is 18.6 Å². The molecule has 3 aromatic rings. The number of esters is 1. The molecule has 2 aromatic carbocycles. The van der Waals surface area contributed by atoms with Crippen molar-refractivity contribution in [2.24, 2.45) is 0 Å². The SMILES string of the molecule is CCOC(=O)Cc1c(Oc2ccc(F)c(C(=O)NOC(C)=O)c2)c(F)cc2[nH]ccc12. The first-order valence-electron chi connectivity index (χ1n) is 9.19. The van der Waals surface area contributed by atoms with E-state index in [1.807, 2.05) is 0 Å². The number of carbonyl (C=O) groups excluding carboxylic acids is 3. The molecule has 31 heavy (non-hydrogen) atoms. The van der Waals surface area contributed by atoms with Crippen molar-refractivity contribution < 1.29 is 37.5 Å². The molecule has 3 rings (SSSR count). The second-order valence-electron chi connectivity index (χ2n) is 6.36. The number of aromatic amines is 1. The second kappa shape index (κ2) is 9.24. The quantitative estimate of drug-likeness (QED) is 0.456. The van der Waals surface area contributed by atoms with Gasteiger partial charge in [-0.15, -0.1) is 0 Å². The van der Waals surface area contributed by atoms with E-state index in [9.17, 15) is 23.2 Å². The third kappa shape index (κ3) is 4.97. The number of aromatic nitrogens is 1. The molecular formula is C21H18F2N2O6. The summed E-state index contributed by atoms with van der Waals surface area (Å²) in [4.78, 5) is 42.1. The standard InChI is InChI=1S/C21H18F2N2O6/c1-3-29-19(27)9-14-13-6-7-24-18(13)10-17(23)20(14)30-12-4-5-16(22)15(8-12)21(28)25-31-11(2)26/h4-8,10,24H,3,9H2,1-2H3,(H,25,28). The number of hydrogen-bond acceptors (Lipinski definition) is 6. The monoisotopic (exact) mass is 432 g/mol. The van der Waals surface area contributed by atoms with Gasteiger partial charge >= 0.3 is 11.9 Å². The summed E-state index contributed by atoms with van der Waals surface area (Å²) in [5.41, 5.74) is 1.97. The molecule has 8 nitrogen and oxygen atoms in total. The Balaban J connectivity index is 1.98. The van der Waals surface area contributed by atoms with Crippen LogP contribution in [-0.4, -0.2) is 29.4 Å². The topological polar surface area (TPSA) is 107 Å². The summed E-state index contributed by atoms with van der Waals surface area (Å²) in [5.74, 6) is -4.44. The zero-order chi connectivity index (χ0) is 22.5. The molecule has 0 aliphatic heterocycles. The number of halogens is 2. The summed E-state index contributed by atoms with van der Waals surface area (Å²) in [7, 11) is 0. The van der Waals surface area contributed by atoms with Crippen molar-refractivity contribution in [3.63, 3.8) is 0 Å². The average molecular weight is 432 g/mol. The largest absolute Gasteiger partial charge is 0.466 e. The van der Waals surface area contributed by atoms with Gasteiger partial charge in [-0.3, -0.25) is 14.4 Å². The fourth-order valence-corrected chi connectivity index (χ4v) is 2.90. The summed E-state index contributed by atoms with van der Waals surface area (Å²) in [6.45, 7) is 2.86. The minimum absolute atomic E-state index is 0.0757. The van der Waals surface area contributed by atoms with E-state index in [1.165, 1.54) is 12.1 Å². The van der Waals surface area contributed by atoms with Crippen molar-refractivity contribution in [1.29, 1.82) is 0 Å². The summed E-state index contributed by atoms with van der Waals surface area (Å²) < 4.78 is 39.5. The lowest BCUT2D eigenvalue weighted by Gasteiger charge is -2.14. The zero-order valence-corrected chi connectivity index (χ0v) is 16.6. The predicted octanol–water partition coefficient (Wildman–Crippen LogP) is 3.55. The van der Waals surface area contributed by atoms with Crippen LogP contribution in [0.2, 0.25) is 0 Å². The zero-order valence-electron chi connectivity index (χ0n) is 16.6. The fourth-order valence-electron chi connectivity index (χ4n) is 2.90. The molecule has 162 valence electrons. The van der Waals surface area contributed by atoms with Gasteiger partial charge in [0.25, 0.3) is 5.91 Å². The van der Waals surface area contributed by atoms with Crippen LogP contribution in [0, 0.1) is 11.6 Å². The third-order valence-electron chi connectivity index (χ3n) is 4.18. The maximum atomic E-state index is 14.8. The smallest absolute Gasteiger partial charge is 0.329 e. The van der Waals surface area contributed by atoms with Crippen molar-refractivity contribution in [2.45, 2.75) is 20.3 Å². The molecule has 10 heteroatoms. The highest BCUT2D eigenvalue weighted by atomic mass is 19.1. The molecule has 0 aliphatic rings. The molecule has 0 saturated carbocycles. The minimum Gasteiger partial charge on any atom is -0.466 e. The molecular weight excluding hydrogens is 414 g/mol. The summed E-state index contributed by atoms with van der Waals surface area (Å²) in [6.07, 6.45) is 1.31. The number of hydroxylamine groups is 1. The van der Waals surface area contributed by atoms with Crippen LogP contribution in [0.5, 0.6) is 11.5 Å². The van der Waals surface area contributed by atoms with Crippen LogP contribution < -0.4 is 10.2 Å². The van der Waals surface area contributed by atoms with E-state index in [0.717, 1.165) is 19.1 Å². The fraction of sp³-hybridized carbons (Fsp3) is 0.190. The van der Waals surface area contributed by atoms with E-state index in [0.29, 0.717) is 10.9 Å². The van der Waals surface area contributed by atoms with Gasteiger partial charge in [-0.05, 0) is 31.2 Å². The van der Waals surface area contributed by atoms with Gasteiger partial charge in [-0.1, -0.05) is 0 Å². The lowest BCUT2D eigenvalue weighted by atomic mass is 10.0. The number of H-pyrrole nitrogens is 1. The van der Waals surface area contributed by atoms with E-state index in [4.69, 9.17) is 9.47 Å². The number of fused-ring (bicyclic) bond motifs is 1. The first-order valence-corrected chi connectivity index (χ1v) is 9.19. The van der Waals surface area contributed by atoms with E-state index < -0.39 is 35.0 Å². The highest BCUT2D eigenvalue weighted by molar-refractivity contribution is 5.95. The lowest BCUT2D eigenvalue weighted by molar-refractivity contribution is -0.146. The molecule has 0 fully saturated rings. The first-order chi connectivity index (χ1) is 14.8. The van der Waals surface area contributed by atoms with Crippen LogP contribution in [0.3, 0.4) is 0 Å². The summed E-state index contributed by atoms with van der Waals surface area (Å²) in [6, 6.07) is 5.99. The number of carbonyl (C=O) groups is 3.